The van der Waals surface area contributed by atoms with Crippen LogP contribution in [0, 0.1) is 0 Å². The molecule has 1 heterocycles. The van der Waals surface area contributed by atoms with E-state index in [4.69, 9.17) is 21.1 Å². The summed E-state index contributed by atoms with van der Waals surface area (Å²) in [5, 5.41) is 3.28. The number of carbonyl (C=O) groups is 2. The van der Waals surface area contributed by atoms with Crippen molar-refractivity contribution < 1.29 is 19.1 Å². The van der Waals surface area contributed by atoms with Crippen LogP contribution in [0.4, 0.5) is 5.69 Å². The largest absolute Gasteiger partial charge is 0.497 e. The first-order chi connectivity index (χ1) is 13.5. The zero-order valence-electron chi connectivity index (χ0n) is 16.0. The van der Waals surface area contributed by atoms with Crippen molar-refractivity contribution >= 4 is 29.1 Å². The van der Waals surface area contributed by atoms with E-state index >= 15 is 0 Å². The molecule has 6 nitrogen and oxygen atoms in total. The number of ether oxygens (including phenoxy) is 2. The van der Waals surface area contributed by atoms with Gasteiger partial charge in [-0.15, -0.1) is 0 Å². The monoisotopic (exact) mass is 402 g/mol. The number of hydrogen-bond donors (Lipinski definition) is 1. The van der Waals surface area contributed by atoms with Crippen molar-refractivity contribution in [3.63, 3.8) is 0 Å². The van der Waals surface area contributed by atoms with Crippen molar-refractivity contribution in [2.45, 2.75) is 19.3 Å². The second-order valence-corrected chi connectivity index (χ2v) is 7.03. The van der Waals surface area contributed by atoms with Crippen LogP contribution in [0.2, 0.25) is 5.02 Å². The van der Waals surface area contributed by atoms with E-state index in [-0.39, 0.29) is 18.2 Å². The molecule has 0 unspecified atom stereocenters. The number of carbonyl (C=O) groups excluding carboxylic acids is 2. The molecule has 1 saturated heterocycles. The number of hydrogen-bond acceptors (Lipinski definition) is 4. The van der Waals surface area contributed by atoms with Gasteiger partial charge in [0.2, 0.25) is 5.91 Å². The van der Waals surface area contributed by atoms with Gasteiger partial charge in [0.05, 0.1) is 31.9 Å². The highest BCUT2D eigenvalue weighted by atomic mass is 35.5. The second-order valence-electron chi connectivity index (χ2n) is 6.59. The lowest BCUT2D eigenvalue weighted by atomic mass is 10.1. The molecule has 2 aromatic carbocycles. The Morgan fingerprint density at radius 2 is 1.82 bits per heavy atom. The van der Waals surface area contributed by atoms with Crippen molar-refractivity contribution in [3.05, 3.63) is 52.5 Å². The maximum absolute atomic E-state index is 12.8. The van der Waals surface area contributed by atoms with E-state index in [0.29, 0.717) is 33.3 Å². The van der Waals surface area contributed by atoms with E-state index < -0.39 is 0 Å². The van der Waals surface area contributed by atoms with Crippen LogP contribution < -0.4 is 14.8 Å². The Labute approximate surface area is 169 Å². The number of rotatable bonds is 6. The van der Waals surface area contributed by atoms with E-state index in [9.17, 15) is 9.59 Å². The predicted octanol–water partition coefficient (Wildman–Crippen LogP) is 3.77. The van der Waals surface area contributed by atoms with Gasteiger partial charge in [-0.1, -0.05) is 11.6 Å². The molecule has 3 rings (SSSR count). The first kappa shape index (κ1) is 20.0. The normalized spacial score (nSPS) is 13.3. The Bertz CT molecular complexity index is 879. The molecule has 7 heteroatoms. The second kappa shape index (κ2) is 8.97. The number of nitrogens with one attached hydrogen (secondary N) is 1. The smallest absolute Gasteiger partial charge is 0.255 e. The molecule has 2 amide bonds. The fourth-order valence-corrected chi connectivity index (χ4v) is 3.46. The zero-order chi connectivity index (χ0) is 20.1. The lowest BCUT2D eigenvalue weighted by Gasteiger charge is -2.18. The van der Waals surface area contributed by atoms with Crippen LogP contribution in [0.25, 0.3) is 0 Å². The molecule has 0 aromatic heterocycles. The summed E-state index contributed by atoms with van der Waals surface area (Å²) in [5.74, 6) is 0.861. The van der Waals surface area contributed by atoms with Crippen molar-refractivity contribution in [1.29, 1.82) is 0 Å². The van der Waals surface area contributed by atoms with Crippen molar-refractivity contribution in [3.8, 4) is 11.5 Å². The third kappa shape index (κ3) is 4.57. The van der Waals surface area contributed by atoms with Crippen LogP contribution in [0.1, 0.15) is 28.8 Å². The zero-order valence-corrected chi connectivity index (χ0v) is 16.7. The standard InChI is InChI=1S/C21H23ClN2O4/c1-27-16-6-8-19(28-2)14(11-16)12-20(25)23-18-13-15(22)5-7-17(18)21(26)24-9-3-4-10-24/h5-8,11,13H,3-4,9-10,12H2,1-2H3,(H,23,25). The van der Waals surface area contributed by atoms with Crippen molar-refractivity contribution in [2.24, 2.45) is 0 Å². The van der Waals surface area contributed by atoms with Crippen LogP contribution in [0.5, 0.6) is 11.5 Å². The Balaban J connectivity index is 1.80. The topological polar surface area (TPSA) is 67.9 Å². The van der Waals surface area contributed by atoms with E-state index in [1.165, 1.54) is 0 Å². The molecule has 0 radical (unpaired) electrons. The Morgan fingerprint density at radius 3 is 2.50 bits per heavy atom. The Morgan fingerprint density at radius 1 is 1.07 bits per heavy atom. The first-order valence-corrected chi connectivity index (χ1v) is 9.49. The molecule has 0 atom stereocenters. The van der Waals surface area contributed by atoms with E-state index in [0.717, 1.165) is 25.9 Å². The number of halogens is 1. The van der Waals surface area contributed by atoms with E-state index in [1.807, 2.05) is 0 Å². The van der Waals surface area contributed by atoms with Crippen molar-refractivity contribution in [1.82, 2.24) is 4.90 Å². The third-order valence-corrected chi connectivity index (χ3v) is 4.95. The minimum absolute atomic E-state index is 0.0736. The van der Waals surface area contributed by atoms with E-state index in [1.54, 1.807) is 55.5 Å². The summed E-state index contributed by atoms with van der Waals surface area (Å²) in [7, 11) is 3.11. The molecule has 148 valence electrons. The van der Waals surface area contributed by atoms with Gasteiger partial charge in [-0.25, -0.2) is 0 Å². The minimum Gasteiger partial charge on any atom is -0.497 e. The highest BCUT2D eigenvalue weighted by molar-refractivity contribution is 6.31. The molecule has 0 spiro atoms. The maximum Gasteiger partial charge on any atom is 0.255 e. The van der Waals surface area contributed by atoms with Gasteiger partial charge in [-0.05, 0) is 49.2 Å². The molecular formula is C21H23ClN2O4. The number of anilines is 1. The molecule has 1 aliphatic heterocycles. The SMILES string of the molecule is COc1ccc(OC)c(CC(=O)Nc2cc(Cl)ccc2C(=O)N2CCCC2)c1. The molecule has 1 aliphatic rings. The summed E-state index contributed by atoms with van der Waals surface area (Å²) >= 11 is 6.10. The molecule has 0 aliphatic carbocycles. The van der Waals surface area contributed by atoms with Crippen LogP contribution in [-0.2, 0) is 11.2 Å². The number of nitrogens with zero attached hydrogens (tertiary/aromatic N) is 1. The van der Waals surface area contributed by atoms with Crippen LogP contribution in [0.15, 0.2) is 36.4 Å². The fourth-order valence-electron chi connectivity index (χ4n) is 3.28. The summed E-state index contributed by atoms with van der Waals surface area (Å²) in [6, 6.07) is 10.2. The van der Waals surface area contributed by atoms with Gasteiger partial charge in [0.1, 0.15) is 11.5 Å². The maximum atomic E-state index is 12.8. The number of amides is 2. The Hall–Kier alpha value is -2.73. The first-order valence-electron chi connectivity index (χ1n) is 9.11. The molecule has 2 aromatic rings. The molecule has 1 fully saturated rings. The van der Waals surface area contributed by atoms with Gasteiger partial charge >= 0.3 is 0 Å². The van der Waals surface area contributed by atoms with Crippen LogP contribution in [0.3, 0.4) is 0 Å². The summed E-state index contributed by atoms with van der Waals surface area (Å²) in [6.07, 6.45) is 2.07. The summed E-state index contributed by atoms with van der Waals surface area (Å²) in [5.41, 5.74) is 1.54. The highest BCUT2D eigenvalue weighted by Gasteiger charge is 2.23. The number of benzene rings is 2. The van der Waals surface area contributed by atoms with Gasteiger partial charge in [-0.3, -0.25) is 9.59 Å². The van der Waals surface area contributed by atoms with Gasteiger partial charge in [0.25, 0.3) is 5.91 Å². The Kier molecular flexibility index (Phi) is 6.41. The van der Waals surface area contributed by atoms with Gasteiger partial charge < -0.3 is 19.7 Å². The highest BCUT2D eigenvalue weighted by Crippen LogP contribution is 2.27. The summed E-state index contributed by atoms with van der Waals surface area (Å²) in [6.45, 7) is 1.46. The fraction of sp³-hybridized carbons (Fsp3) is 0.333. The molecular weight excluding hydrogens is 380 g/mol. The van der Waals surface area contributed by atoms with Crippen molar-refractivity contribution in [2.75, 3.05) is 32.6 Å². The van der Waals surface area contributed by atoms with Gasteiger partial charge in [0.15, 0.2) is 0 Å². The predicted molar refractivity (Wildman–Crippen MR) is 108 cm³/mol. The molecule has 28 heavy (non-hydrogen) atoms. The summed E-state index contributed by atoms with van der Waals surface area (Å²) < 4.78 is 10.5. The third-order valence-electron chi connectivity index (χ3n) is 4.72. The van der Waals surface area contributed by atoms with Gasteiger partial charge in [0, 0.05) is 23.7 Å². The quantitative estimate of drug-likeness (QED) is 0.798. The van der Waals surface area contributed by atoms with Crippen LogP contribution >= 0.6 is 11.6 Å². The lowest BCUT2D eigenvalue weighted by Crippen LogP contribution is -2.29. The minimum atomic E-state index is -0.274. The van der Waals surface area contributed by atoms with E-state index in [2.05, 4.69) is 5.32 Å². The molecule has 0 saturated carbocycles. The number of likely N-dealkylation sites (tertiary alicyclic amines) is 1. The summed E-state index contributed by atoms with van der Waals surface area (Å²) in [4.78, 5) is 27.3. The average Bonchev–Trinajstić information content (AvgIpc) is 3.22. The lowest BCUT2D eigenvalue weighted by molar-refractivity contribution is -0.115. The van der Waals surface area contributed by atoms with Crippen LogP contribution in [-0.4, -0.2) is 44.0 Å². The number of methoxy groups -OCH3 is 2. The molecule has 0 bridgehead atoms. The van der Waals surface area contributed by atoms with Gasteiger partial charge in [-0.2, -0.15) is 0 Å². The average molecular weight is 403 g/mol. The molecule has 1 N–H and O–H groups in total.